The Balaban J connectivity index is 0.000000235. The van der Waals surface area contributed by atoms with E-state index in [4.69, 9.17) is 112 Å². The second kappa shape index (κ2) is 40.0. The third-order valence-electron chi connectivity index (χ3n) is 12.1. The van der Waals surface area contributed by atoms with Crippen LogP contribution < -0.4 is 22.3 Å². The average Bonchev–Trinajstić information content (AvgIpc) is 1.78. The second-order valence-corrected chi connectivity index (χ2v) is 43.3. The van der Waals surface area contributed by atoms with Crippen molar-refractivity contribution in [2.45, 2.75) is 6.92 Å². The molecule has 0 atom stereocenters. The first-order valence-electron chi connectivity index (χ1n) is 28.5. The van der Waals surface area contributed by atoms with E-state index in [1.807, 2.05) is 0 Å². The average molecular weight is 1750 g/mol. The minimum atomic E-state index is -3.69. The van der Waals surface area contributed by atoms with Gasteiger partial charge >= 0.3 is 94.3 Å². The fourth-order valence-electron chi connectivity index (χ4n) is 7.80. The number of benzene rings is 4. The molecule has 13 aromatic rings. The molecule has 9 aromatic heterocycles. The molecule has 0 spiro atoms. The number of carboxylic acids is 1. The molecule has 0 radical (unpaired) electrons. The Kier molecular flexibility index (Phi) is 32.6. The van der Waals surface area contributed by atoms with Crippen molar-refractivity contribution in [2.24, 2.45) is 0 Å². The van der Waals surface area contributed by atoms with Crippen LogP contribution in [0.15, 0.2) is 193 Å². The molecule has 4 aromatic carbocycles. The minimum Gasteiger partial charge on any atom is -0.478 e. The number of aromatic amines is 1. The number of rotatable bonds is 12. The Morgan fingerprint density at radius 2 is 1.03 bits per heavy atom. The van der Waals surface area contributed by atoms with E-state index < -0.39 is 80.7 Å². The molecule has 0 saturated carbocycles. The van der Waals surface area contributed by atoms with Gasteiger partial charge in [-0.3, -0.25) is 65.2 Å². The number of carbonyl (C=O) groups is 1. The number of nitro groups is 4. The molecule has 0 amide bonds. The number of nitrogens with one attached hydrogen (secondary N) is 3. The number of hydrogen-bond acceptors (Lipinski definition) is 27. The number of furan rings is 4. The third-order valence-corrected chi connectivity index (χ3v) is 12.4. The van der Waals surface area contributed by atoms with E-state index in [0.29, 0.717) is 45.6 Å². The Bertz CT molecular complexity index is 5510. The third kappa shape index (κ3) is 29.8. The first kappa shape index (κ1) is 89.0. The number of nitrogens with two attached hydrogens (primary N) is 2. The number of aromatic nitrogens is 8. The Morgan fingerprint density at radius 3 is 1.46 bits per heavy atom. The van der Waals surface area contributed by atoms with Crippen molar-refractivity contribution in [3.8, 4) is 34.8 Å². The van der Waals surface area contributed by atoms with Crippen molar-refractivity contribution >= 4 is 213 Å². The maximum Gasteiger partial charge on any atom is 0.433 e. The smallest absolute Gasteiger partial charge is 0.433 e. The number of nitrogen functional groups attached to an aromatic ring is 2. The number of anilines is 4. The number of hydrogen-bond donors (Lipinski definition) is 6. The number of H-pyrrole nitrogens is 1. The van der Waals surface area contributed by atoms with Crippen molar-refractivity contribution < 1.29 is 74.1 Å². The molecule has 0 aliphatic heterocycles. The van der Waals surface area contributed by atoms with E-state index in [1.165, 1.54) is 78.9 Å². The molecule has 33 nitrogen and oxygen atoms in total. The van der Waals surface area contributed by atoms with Crippen LogP contribution in [-0.4, -0.2) is 83.1 Å². The van der Waals surface area contributed by atoms with Crippen molar-refractivity contribution in [2.75, 3.05) is 23.4 Å². The van der Waals surface area contributed by atoms with Crippen LogP contribution >= 0.6 is 123 Å². The predicted molar refractivity (Wildman–Crippen MR) is 406 cm³/mol. The van der Waals surface area contributed by atoms with Crippen molar-refractivity contribution in [1.82, 2.24) is 39.9 Å². The first-order chi connectivity index (χ1) is 50.6. The van der Waals surface area contributed by atoms with Crippen LogP contribution in [0.3, 0.4) is 0 Å². The van der Waals surface area contributed by atoms with Gasteiger partial charge in [0.1, 0.15) is 53.9 Å². The van der Waals surface area contributed by atoms with Crippen LogP contribution in [0.4, 0.5) is 64.0 Å². The molecule has 8 N–H and O–H groups in total. The number of ether oxygens (including phenoxy) is 1. The predicted octanol–water partition coefficient (Wildman–Crippen LogP) is 20.8. The van der Waals surface area contributed by atoms with Gasteiger partial charge in [0.25, 0.3) is 5.56 Å². The van der Waals surface area contributed by atoms with Gasteiger partial charge in [-0.05, 0) is 144 Å². The van der Waals surface area contributed by atoms with Gasteiger partial charge < -0.3 is 49.3 Å². The number of aromatic carboxylic acids is 1. The zero-order valence-electron chi connectivity index (χ0n) is 53.6. The summed E-state index contributed by atoms with van der Waals surface area (Å²) in [4.78, 5) is 92.5. The monoisotopic (exact) mass is 1750 g/mol. The van der Waals surface area contributed by atoms with Gasteiger partial charge in [0, 0.05) is 53.2 Å². The van der Waals surface area contributed by atoms with Crippen LogP contribution in [0.25, 0.3) is 67.5 Å². The van der Waals surface area contributed by atoms with Crippen LogP contribution in [0, 0.1) is 69.1 Å². The molecule has 13 rings (SSSR count). The van der Waals surface area contributed by atoms with E-state index in [2.05, 4.69) is 78.9 Å². The van der Waals surface area contributed by atoms with Gasteiger partial charge in [0.05, 0.1) is 75.9 Å². The maximum absolute atomic E-state index is 13.6. The summed E-state index contributed by atoms with van der Waals surface area (Å²) in [5.41, 5.74) is 12.0. The fourth-order valence-corrected chi connectivity index (χ4v) is 8.04. The van der Waals surface area contributed by atoms with Crippen LogP contribution in [0.1, 0.15) is 23.0 Å². The van der Waals surface area contributed by atoms with E-state index in [1.54, 1.807) is 62.0 Å². The summed E-state index contributed by atoms with van der Waals surface area (Å²) >= 11 is 44.7. The number of carboxylic acid groups (broad SMARTS) is 1. The first-order valence-corrected chi connectivity index (χ1v) is 40.0. The van der Waals surface area contributed by atoms with Gasteiger partial charge in [-0.15, -0.1) is 12.4 Å². The molecule has 0 aliphatic rings. The van der Waals surface area contributed by atoms with Crippen molar-refractivity contribution in [3.63, 3.8) is 0 Å². The summed E-state index contributed by atoms with van der Waals surface area (Å²) in [6.07, 6.45) is 6.54. The molecule has 0 unspecified atom stereocenters. The normalized spacial score (nSPS) is 10.8. The SMILES string of the molecule is CCOC(=N)c1ccc([N+](=O)[O-])o1.Cl.ClP(Cl)(Cl)(Cl)Cl.Nc1cc(F)ccc1C(=O)O.Nc1cccnc1.O=P(Cl)(Cl)Cl.O=[N+]([O-])c1ccc(-c2nc(Cl)c3ccc(F)cc3n2)o1.O=[N+]([O-])c1ccc(-c2nc(Nc3cccnc3)c3ccc(F)cc3n2)o1.O=c1[nH]c(-c2ccc([N+](=O)[O-])o2)nc2cc(F)ccc12. The van der Waals surface area contributed by atoms with E-state index >= 15 is 0 Å². The van der Waals surface area contributed by atoms with Crippen LogP contribution in [0.5, 0.6) is 0 Å². The quantitative estimate of drug-likeness (QED) is 0.00967. The molecular weight excluding hydrogens is 1710 g/mol. The zero-order valence-corrected chi connectivity index (χ0v) is 63.1. The Hall–Kier alpha value is -10.7. The zero-order chi connectivity index (χ0) is 80.0. The van der Waals surface area contributed by atoms with Gasteiger partial charge in [-0.1, -0.05) is 11.6 Å². The molecule has 49 heteroatoms. The molecule has 9 heterocycles. The summed E-state index contributed by atoms with van der Waals surface area (Å²) in [5, 5.41) is 59.1. The summed E-state index contributed by atoms with van der Waals surface area (Å²) in [7, 11) is 0. The molecule has 0 bridgehead atoms. The van der Waals surface area contributed by atoms with E-state index in [9.17, 15) is 72.2 Å². The second-order valence-electron chi connectivity index (χ2n) is 19.7. The largest absolute Gasteiger partial charge is 0.478 e. The molecule has 109 heavy (non-hydrogen) atoms. The molecule has 0 saturated heterocycles. The topological polar surface area (TPSA) is 500 Å². The summed E-state index contributed by atoms with van der Waals surface area (Å²) in [5.74, 6) is -4.22. The molecule has 0 fully saturated rings. The minimum absolute atomic E-state index is 0. The Labute approximate surface area is 654 Å². The van der Waals surface area contributed by atoms with Gasteiger partial charge in [0.15, 0.2) is 40.5 Å². The van der Waals surface area contributed by atoms with Crippen LogP contribution in [-0.2, 0) is 9.30 Å². The molecule has 0 aliphatic carbocycles. The fraction of sp³-hybridized carbons (Fsp3) is 0.0333. The van der Waals surface area contributed by atoms with Gasteiger partial charge in [0.2, 0.25) is 5.90 Å². The molecular formula is C60H42Cl10F4N16O17P2. The Morgan fingerprint density at radius 1 is 0.606 bits per heavy atom. The standard InChI is InChI=1S/C17H10FN5O3.C12H5ClFN3O3.C12H6FN3O4.C7H6FNO2.C7H8N2O4.C5H6N2.Cl5P.Cl3OP.ClH/c18-10-3-4-12-13(8-10)21-17(14-5-6-15(26-14)23(24)25)22-16(12)20-11-2-1-7-19-9-11;13-11-7-2-1-6(14)5-8(7)15-12(16-11)9-3-4-10(20-9)17(18)19;13-6-1-2-7-8(5-6)14-11(15-12(7)17)9-3-4-10(20-9)16(18)19;8-4-1-2-5(7(10)11)6(9)3-4;1-2-12-7(8)5-3-4-6(13-5)9(10)11;6-5-2-1-3-7-4-5;1-6(2,3,4)5;1-5(2,3)4;/h1-9H,(H,20,21,22);1-5H;1-5H,(H,14,15,17);1-3H,9H2,(H,10,11);3-4,8H,2H2,1H3;1-4H,6H2;;;1H. The number of pyridine rings is 2. The van der Waals surface area contributed by atoms with Crippen molar-refractivity contribution in [3.05, 3.63) is 261 Å². The number of nitrogens with zero attached hydrogens (tertiary/aromatic N) is 11. The summed E-state index contributed by atoms with van der Waals surface area (Å²) < 4.78 is 82.7. The summed E-state index contributed by atoms with van der Waals surface area (Å²) in [6.45, 7) is 2.04. The van der Waals surface area contributed by atoms with E-state index in [0.717, 1.165) is 36.4 Å². The van der Waals surface area contributed by atoms with Crippen molar-refractivity contribution in [1.29, 1.82) is 5.41 Å². The molecule has 572 valence electrons. The van der Waals surface area contributed by atoms with Gasteiger partial charge in [-0.25, -0.2) is 47.3 Å². The maximum atomic E-state index is 13.6. The van der Waals surface area contributed by atoms with E-state index in [-0.39, 0.29) is 92.0 Å². The summed E-state index contributed by atoms with van der Waals surface area (Å²) in [6, 6.07) is 32.0. The van der Waals surface area contributed by atoms with Crippen LogP contribution in [0.2, 0.25) is 5.15 Å². The number of fused-ring (bicyclic) bond motifs is 3. The van der Waals surface area contributed by atoms with Gasteiger partial charge in [-0.2, -0.15) is 0 Å². The number of halogens is 14.